The van der Waals surface area contributed by atoms with Crippen LogP contribution in [0, 0.1) is 0 Å². The van der Waals surface area contributed by atoms with Crippen LogP contribution in [0.3, 0.4) is 0 Å². The van der Waals surface area contributed by atoms with Crippen molar-refractivity contribution in [1.29, 1.82) is 0 Å². The number of hydrogen-bond acceptors (Lipinski definition) is 1. The van der Waals surface area contributed by atoms with Gasteiger partial charge in [0.1, 0.15) is 0 Å². The third-order valence-electron chi connectivity index (χ3n) is 3.29. The van der Waals surface area contributed by atoms with E-state index in [9.17, 15) is 4.79 Å². The molecule has 0 spiro atoms. The van der Waals surface area contributed by atoms with Gasteiger partial charge in [-0.3, -0.25) is 4.79 Å². The third-order valence-corrected chi connectivity index (χ3v) is 3.29. The van der Waals surface area contributed by atoms with Crippen LogP contribution in [0.25, 0.3) is 11.1 Å². The molecule has 3 rings (SSSR count). The van der Waals surface area contributed by atoms with Crippen molar-refractivity contribution in [2.45, 2.75) is 0 Å². The quantitative estimate of drug-likeness (QED) is 0.628. The molecular weight excluding hydrogens is 244 g/mol. The summed E-state index contributed by atoms with van der Waals surface area (Å²) in [4.78, 5) is 12.6. The number of carbonyl (C=O) groups is 1. The molecule has 0 saturated heterocycles. The highest BCUT2D eigenvalue weighted by molar-refractivity contribution is 6.12. The van der Waals surface area contributed by atoms with Gasteiger partial charge in [-0.1, -0.05) is 84.9 Å². The van der Waals surface area contributed by atoms with E-state index in [2.05, 4.69) is 0 Å². The molecule has 0 saturated carbocycles. The van der Waals surface area contributed by atoms with Crippen LogP contribution in [-0.2, 0) is 0 Å². The first kappa shape index (κ1) is 12.4. The molecule has 20 heavy (non-hydrogen) atoms. The Morgan fingerprint density at radius 3 is 1.85 bits per heavy atom. The second-order valence-electron chi connectivity index (χ2n) is 4.61. The zero-order valence-corrected chi connectivity index (χ0v) is 11.0. The Kier molecular flexibility index (Phi) is 3.42. The molecule has 3 aromatic carbocycles. The minimum absolute atomic E-state index is 0.0602. The minimum atomic E-state index is 0.0602. The summed E-state index contributed by atoms with van der Waals surface area (Å²) >= 11 is 0. The molecule has 0 aliphatic rings. The van der Waals surface area contributed by atoms with Crippen LogP contribution in [0.2, 0.25) is 0 Å². The summed E-state index contributed by atoms with van der Waals surface area (Å²) in [6, 6.07) is 27.1. The molecule has 0 heterocycles. The molecule has 0 fully saturated rings. The SMILES string of the molecule is O=C(c1ccccc1)c1ccccc1-c1ccccc1. The zero-order chi connectivity index (χ0) is 13.8. The van der Waals surface area contributed by atoms with Crippen LogP contribution in [0.4, 0.5) is 0 Å². The number of ketones is 1. The van der Waals surface area contributed by atoms with Crippen molar-refractivity contribution in [3.8, 4) is 11.1 Å². The maximum Gasteiger partial charge on any atom is 0.193 e. The molecule has 1 heteroatoms. The van der Waals surface area contributed by atoms with Crippen molar-refractivity contribution in [3.05, 3.63) is 96.1 Å². The van der Waals surface area contributed by atoms with Gasteiger partial charge < -0.3 is 0 Å². The van der Waals surface area contributed by atoms with E-state index in [0.717, 1.165) is 22.3 Å². The van der Waals surface area contributed by atoms with E-state index in [4.69, 9.17) is 0 Å². The molecule has 0 N–H and O–H groups in total. The second-order valence-corrected chi connectivity index (χ2v) is 4.61. The number of hydrogen-bond donors (Lipinski definition) is 0. The molecular formula is C19H14O. The average Bonchev–Trinajstić information content (AvgIpc) is 2.56. The Morgan fingerprint density at radius 1 is 0.600 bits per heavy atom. The Bertz CT molecular complexity index is 715. The van der Waals surface area contributed by atoms with E-state index in [0.29, 0.717) is 0 Å². The molecule has 0 unspecified atom stereocenters. The largest absolute Gasteiger partial charge is 0.289 e. The lowest BCUT2D eigenvalue weighted by Crippen LogP contribution is -2.03. The Labute approximate surface area is 118 Å². The smallest absolute Gasteiger partial charge is 0.193 e. The fourth-order valence-corrected chi connectivity index (χ4v) is 2.30. The van der Waals surface area contributed by atoms with Gasteiger partial charge in [0.25, 0.3) is 0 Å². The summed E-state index contributed by atoms with van der Waals surface area (Å²) in [5.74, 6) is 0.0602. The van der Waals surface area contributed by atoms with Crippen LogP contribution in [0.5, 0.6) is 0 Å². The molecule has 0 aliphatic carbocycles. The Balaban J connectivity index is 2.10. The van der Waals surface area contributed by atoms with Gasteiger partial charge >= 0.3 is 0 Å². The highest BCUT2D eigenvalue weighted by atomic mass is 16.1. The van der Waals surface area contributed by atoms with Crippen molar-refractivity contribution in [3.63, 3.8) is 0 Å². The Morgan fingerprint density at radius 2 is 1.15 bits per heavy atom. The van der Waals surface area contributed by atoms with Crippen LogP contribution < -0.4 is 0 Å². The van der Waals surface area contributed by atoms with Gasteiger partial charge in [-0.05, 0) is 11.1 Å². The predicted octanol–water partition coefficient (Wildman–Crippen LogP) is 4.58. The maximum atomic E-state index is 12.6. The van der Waals surface area contributed by atoms with Crippen molar-refractivity contribution >= 4 is 5.78 Å². The molecule has 0 bridgehead atoms. The first-order valence-electron chi connectivity index (χ1n) is 6.60. The van der Waals surface area contributed by atoms with E-state index in [1.807, 2.05) is 84.9 Å². The molecule has 0 radical (unpaired) electrons. The molecule has 96 valence electrons. The van der Waals surface area contributed by atoms with Gasteiger partial charge in [0.15, 0.2) is 5.78 Å². The molecule has 0 amide bonds. The van der Waals surface area contributed by atoms with E-state index in [-0.39, 0.29) is 5.78 Å². The van der Waals surface area contributed by atoms with Gasteiger partial charge in [-0.25, -0.2) is 0 Å². The standard InChI is InChI=1S/C19H14O/c20-19(16-11-5-2-6-12-16)18-14-8-7-13-17(18)15-9-3-1-4-10-15/h1-14H. The second kappa shape index (κ2) is 5.54. The number of carbonyl (C=O) groups excluding carboxylic acids is 1. The van der Waals surface area contributed by atoms with Gasteiger partial charge in [-0.15, -0.1) is 0 Å². The van der Waals surface area contributed by atoms with E-state index < -0.39 is 0 Å². The fourth-order valence-electron chi connectivity index (χ4n) is 2.30. The van der Waals surface area contributed by atoms with Gasteiger partial charge in [-0.2, -0.15) is 0 Å². The van der Waals surface area contributed by atoms with Gasteiger partial charge in [0.05, 0.1) is 0 Å². The van der Waals surface area contributed by atoms with Crippen molar-refractivity contribution in [2.75, 3.05) is 0 Å². The van der Waals surface area contributed by atoms with E-state index in [1.165, 1.54) is 0 Å². The first-order chi connectivity index (χ1) is 9.86. The molecule has 0 atom stereocenters. The molecule has 0 aliphatic heterocycles. The highest BCUT2D eigenvalue weighted by Gasteiger charge is 2.13. The van der Waals surface area contributed by atoms with Crippen molar-refractivity contribution < 1.29 is 4.79 Å². The summed E-state index contributed by atoms with van der Waals surface area (Å²) in [6.45, 7) is 0. The number of benzene rings is 3. The number of rotatable bonds is 3. The lowest BCUT2D eigenvalue weighted by atomic mass is 9.94. The van der Waals surface area contributed by atoms with E-state index in [1.54, 1.807) is 0 Å². The van der Waals surface area contributed by atoms with Gasteiger partial charge in [0, 0.05) is 11.1 Å². The summed E-state index contributed by atoms with van der Waals surface area (Å²) < 4.78 is 0. The fraction of sp³-hybridized carbons (Fsp3) is 0. The monoisotopic (exact) mass is 258 g/mol. The highest BCUT2D eigenvalue weighted by Crippen LogP contribution is 2.25. The van der Waals surface area contributed by atoms with E-state index >= 15 is 0 Å². The van der Waals surface area contributed by atoms with Crippen LogP contribution in [0.15, 0.2) is 84.9 Å². The molecule has 0 aromatic heterocycles. The lowest BCUT2D eigenvalue weighted by Gasteiger charge is -2.09. The third kappa shape index (κ3) is 2.39. The summed E-state index contributed by atoms with van der Waals surface area (Å²) in [6.07, 6.45) is 0. The summed E-state index contributed by atoms with van der Waals surface area (Å²) in [7, 11) is 0. The molecule has 1 nitrogen and oxygen atoms in total. The summed E-state index contributed by atoms with van der Waals surface area (Å²) in [5.41, 5.74) is 3.50. The lowest BCUT2D eigenvalue weighted by molar-refractivity contribution is 0.103. The minimum Gasteiger partial charge on any atom is -0.289 e. The summed E-state index contributed by atoms with van der Waals surface area (Å²) in [5, 5.41) is 0. The van der Waals surface area contributed by atoms with Crippen LogP contribution in [0.1, 0.15) is 15.9 Å². The first-order valence-corrected chi connectivity index (χ1v) is 6.60. The van der Waals surface area contributed by atoms with Crippen molar-refractivity contribution in [1.82, 2.24) is 0 Å². The van der Waals surface area contributed by atoms with Crippen LogP contribution in [-0.4, -0.2) is 5.78 Å². The average molecular weight is 258 g/mol. The molecule has 3 aromatic rings. The maximum absolute atomic E-state index is 12.6. The van der Waals surface area contributed by atoms with Crippen molar-refractivity contribution in [2.24, 2.45) is 0 Å². The normalized spacial score (nSPS) is 10.2. The zero-order valence-electron chi connectivity index (χ0n) is 11.0. The predicted molar refractivity (Wildman–Crippen MR) is 81.8 cm³/mol. The topological polar surface area (TPSA) is 17.1 Å². The van der Waals surface area contributed by atoms with Crippen LogP contribution >= 0.6 is 0 Å². The van der Waals surface area contributed by atoms with Gasteiger partial charge in [0.2, 0.25) is 0 Å². The Hall–Kier alpha value is -2.67.